The van der Waals surface area contributed by atoms with Crippen molar-refractivity contribution >= 4 is 5.91 Å². The number of hydrogen-bond acceptors (Lipinski definition) is 4. The van der Waals surface area contributed by atoms with Crippen molar-refractivity contribution < 1.29 is 9.21 Å². The summed E-state index contributed by atoms with van der Waals surface area (Å²) in [5.74, 6) is 1.55. The van der Waals surface area contributed by atoms with Gasteiger partial charge in [0.25, 0.3) is 5.91 Å². The van der Waals surface area contributed by atoms with Gasteiger partial charge >= 0.3 is 0 Å². The van der Waals surface area contributed by atoms with Crippen molar-refractivity contribution in [3.05, 3.63) is 35.8 Å². The van der Waals surface area contributed by atoms with Gasteiger partial charge in [-0.15, -0.1) is 5.10 Å². The van der Waals surface area contributed by atoms with Crippen molar-refractivity contribution in [1.82, 2.24) is 20.5 Å². The van der Waals surface area contributed by atoms with Crippen LogP contribution in [-0.2, 0) is 11.8 Å². The standard InChI is InChI=1S/C15H22N4O2/c1-10(7-8-11-6-5-9-21-11)16-13(20)12-17-14(19-18-12)15(2,3)4/h5-6,9-10H,7-8H2,1-4H3,(H,16,20)(H,17,18,19). The molecular formula is C15H22N4O2. The van der Waals surface area contributed by atoms with Gasteiger partial charge in [-0.1, -0.05) is 20.8 Å². The first-order valence-electron chi connectivity index (χ1n) is 7.12. The number of carbonyl (C=O) groups excluding carboxylic acids is 1. The molecule has 114 valence electrons. The van der Waals surface area contributed by atoms with Crippen molar-refractivity contribution in [1.29, 1.82) is 0 Å². The number of amides is 1. The zero-order valence-electron chi connectivity index (χ0n) is 12.9. The molecule has 0 fully saturated rings. The number of rotatable bonds is 5. The van der Waals surface area contributed by atoms with E-state index in [0.29, 0.717) is 5.82 Å². The fourth-order valence-corrected chi connectivity index (χ4v) is 1.87. The van der Waals surface area contributed by atoms with E-state index in [1.54, 1.807) is 6.26 Å². The van der Waals surface area contributed by atoms with Crippen LogP contribution in [0.25, 0.3) is 0 Å². The summed E-state index contributed by atoms with van der Waals surface area (Å²) in [5, 5.41) is 9.69. The number of aryl methyl sites for hydroxylation is 1. The highest BCUT2D eigenvalue weighted by Crippen LogP contribution is 2.17. The average Bonchev–Trinajstić information content (AvgIpc) is 3.07. The van der Waals surface area contributed by atoms with E-state index in [1.807, 2.05) is 39.8 Å². The third kappa shape index (κ3) is 4.18. The summed E-state index contributed by atoms with van der Waals surface area (Å²) >= 11 is 0. The van der Waals surface area contributed by atoms with E-state index in [9.17, 15) is 4.79 Å². The minimum absolute atomic E-state index is 0.0270. The summed E-state index contributed by atoms with van der Waals surface area (Å²) in [7, 11) is 0. The van der Waals surface area contributed by atoms with Gasteiger partial charge in [-0.25, -0.2) is 4.98 Å². The Balaban J connectivity index is 1.87. The molecule has 6 heteroatoms. The summed E-state index contributed by atoms with van der Waals surface area (Å²) < 4.78 is 5.27. The molecule has 0 saturated heterocycles. The molecule has 2 N–H and O–H groups in total. The van der Waals surface area contributed by atoms with Crippen LogP contribution >= 0.6 is 0 Å². The number of carbonyl (C=O) groups is 1. The van der Waals surface area contributed by atoms with Gasteiger partial charge in [0.15, 0.2) is 0 Å². The molecule has 2 aromatic heterocycles. The topological polar surface area (TPSA) is 83.8 Å². The van der Waals surface area contributed by atoms with Gasteiger partial charge in [0.05, 0.1) is 6.26 Å². The maximum absolute atomic E-state index is 12.1. The number of nitrogens with zero attached hydrogens (tertiary/aromatic N) is 2. The van der Waals surface area contributed by atoms with Crippen LogP contribution in [0.15, 0.2) is 22.8 Å². The number of H-pyrrole nitrogens is 1. The molecule has 6 nitrogen and oxygen atoms in total. The summed E-state index contributed by atoms with van der Waals surface area (Å²) in [5.41, 5.74) is -0.156. The van der Waals surface area contributed by atoms with Gasteiger partial charge in [0, 0.05) is 17.9 Å². The monoisotopic (exact) mass is 290 g/mol. The first kappa shape index (κ1) is 15.3. The second kappa shape index (κ2) is 6.11. The third-order valence-corrected chi connectivity index (χ3v) is 3.18. The number of nitrogens with one attached hydrogen (secondary N) is 2. The maximum Gasteiger partial charge on any atom is 0.291 e. The number of furan rings is 1. The van der Waals surface area contributed by atoms with E-state index in [2.05, 4.69) is 20.5 Å². The van der Waals surface area contributed by atoms with E-state index in [0.717, 1.165) is 18.6 Å². The summed E-state index contributed by atoms with van der Waals surface area (Å²) in [4.78, 5) is 16.3. The quantitative estimate of drug-likeness (QED) is 0.886. The highest BCUT2D eigenvalue weighted by molar-refractivity contribution is 5.90. The maximum atomic E-state index is 12.1. The smallest absolute Gasteiger partial charge is 0.291 e. The average molecular weight is 290 g/mol. The molecule has 0 saturated carbocycles. The Bertz CT molecular complexity index is 581. The van der Waals surface area contributed by atoms with E-state index in [-0.39, 0.29) is 23.2 Å². The van der Waals surface area contributed by atoms with E-state index in [1.165, 1.54) is 0 Å². The Labute approximate surface area is 124 Å². The molecule has 0 aliphatic rings. The number of aromatic amines is 1. The Morgan fingerprint density at radius 3 is 2.81 bits per heavy atom. The van der Waals surface area contributed by atoms with Crippen molar-refractivity contribution in [2.45, 2.75) is 52.0 Å². The lowest BCUT2D eigenvalue weighted by Crippen LogP contribution is -2.33. The fraction of sp³-hybridized carbons (Fsp3) is 0.533. The predicted molar refractivity (Wildman–Crippen MR) is 79.0 cm³/mol. The van der Waals surface area contributed by atoms with Gasteiger partial charge < -0.3 is 9.73 Å². The van der Waals surface area contributed by atoms with Crippen LogP contribution in [0.5, 0.6) is 0 Å². The van der Waals surface area contributed by atoms with Gasteiger partial charge in [0.1, 0.15) is 11.6 Å². The zero-order valence-corrected chi connectivity index (χ0v) is 12.9. The molecule has 0 aromatic carbocycles. The van der Waals surface area contributed by atoms with Crippen LogP contribution in [0.1, 0.15) is 56.3 Å². The third-order valence-electron chi connectivity index (χ3n) is 3.18. The molecule has 1 atom stereocenters. The van der Waals surface area contributed by atoms with Crippen LogP contribution in [0.2, 0.25) is 0 Å². The predicted octanol–water partition coefficient (Wildman–Crippen LogP) is 2.45. The Morgan fingerprint density at radius 1 is 1.48 bits per heavy atom. The molecule has 21 heavy (non-hydrogen) atoms. The largest absolute Gasteiger partial charge is 0.469 e. The zero-order chi connectivity index (χ0) is 15.5. The molecule has 2 rings (SSSR count). The summed E-state index contributed by atoms with van der Waals surface area (Å²) in [6.45, 7) is 8.00. The van der Waals surface area contributed by atoms with Gasteiger partial charge in [-0.05, 0) is 25.5 Å². The Hall–Kier alpha value is -2.11. The van der Waals surface area contributed by atoms with Crippen LogP contribution in [-0.4, -0.2) is 27.1 Å². The van der Waals surface area contributed by atoms with E-state index >= 15 is 0 Å². The van der Waals surface area contributed by atoms with Crippen LogP contribution in [0, 0.1) is 0 Å². The molecule has 0 aliphatic heterocycles. The number of aromatic nitrogens is 3. The lowest BCUT2D eigenvalue weighted by Gasteiger charge is -2.13. The van der Waals surface area contributed by atoms with Gasteiger partial charge in [-0.3, -0.25) is 9.89 Å². The van der Waals surface area contributed by atoms with E-state index in [4.69, 9.17) is 4.42 Å². The normalized spacial score (nSPS) is 13.1. The van der Waals surface area contributed by atoms with Crippen molar-refractivity contribution in [3.63, 3.8) is 0 Å². The molecule has 1 amide bonds. The fourth-order valence-electron chi connectivity index (χ4n) is 1.87. The van der Waals surface area contributed by atoms with Gasteiger partial charge in [0.2, 0.25) is 5.82 Å². The van der Waals surface area contributed by atoms with Crippen LogP contribution in [0.3, 0.4) is 0 Å². The van der Waals surface area contributed by atoms with Crippen LogP contribution in [0.4, 0.5) is 0 Å². The van der Waals surface area contributed by atoms with Crippen molar-refractivity contribution in [3.8, 4) is 0 Å². The van der Waals surface area contributed by atoms with Crippen molar-refractivity contribution in [2.24, 2.45) is 0 Å². The minimum atomic E-state index is -0.256. The van der Waals surface area contributed by atoms with Crippen LogP contribution < -0.4 is 5.32 Å². The number of hydrogen-bond donors (Lipinski definition) is 2. The van der Waals surface area contributed by atoms with Gasteiger partial charge in [-0.2, -0.15) is 0 Å². The molecule has 0 spiro atoms. The molecule has 0 radical (unpaired) electrons. The summed E-state index contributed by atoms with van der Waals surface area (Å²) in [6, 6.07) is 3.82. The lowest BCUT2D eigenvalue weighted by molar-refractivity contribution is 0.0928. The molecule has 2 aromatic rings. The molecular weight excluding hydrogens is 268 g/mol. The molecule has 1 unspecified atom stereocenters. The first-order chi connectivity index (χ1) is 9.86. The Kier molecular flexibility index (Phi) is 4.45. The minimum Gasteiger partial charge on any atom is -0.469 e. The molecule has 0 aliphatic carbocycles. The highest BCUT2D eigenvalue weighted by Gasteiger charge is 2.21. The second-order valence-corrected chi connectivity index (χ2v) is 6.25. The summed E-state index contributed by atoms with van der Waals surface area (Å²) in [6.07, 6.45) is 3.24. The highest BCUT2D eigenvalue weighted by atomic mass is 16.3. The lowest BCUT2D eigenvalue weighted by atomic mass is 9.96. The molecule has 0 bridgehead atoms. The van der Waals surface area contributed by atoms with Crippen molar-refractivity contribution in [2.75, 3.05) is 0 Å². The van der Waals surface area contributed by atoms with E-state index < -0.39 is 0 Å². The molecule has 2 heterocycles. The SMILES string of the molecule is CC(CCc1ccco1)NC(=O)c1n[nH]c(C(C)(C)C)n1. The second-order valence-electron chi connectivity index (χ2n) is 6.25. The Morgan fingerprint density at radius 2 is 2.24 bits per heavy atom. The first-order valence-corrected chi connectivity index (χ1v) is 7.12.